The second-order valence-electron chi connectivity index (χ2n) is 5.11. The molecule has 186 valence electrons. The predicted octanol–water partition coefficient (Wildman–Crippen LogP) is 2.79. The molecule has 0 saturated heterocycles. The summed E-state index contributed by atoms with van der Waals surface area (Å²) in [5.74, 6) is -1.68. The van der Waals surface area contributed by atoms with Crippen LogP contribution in [0.1, 0.15) is 27.7 Å². The van der Waals surface area contributed by atoms with E-state index < -0.39 is 37.5 Å². The molecule has 0 aliphatic heterocycles. The van der Waals surface area contributed by atoms with Gasteiger partial charge in [-0.2, -0.15) is 0 Å². The van der Waals surface area contributed by atoms with Gasteiger partial charge in [-0.25, -0.2) is 4.31 Å². The van der Waals surface area contributed by atoms with Crippen molar-refractivity contribution in [3.8, 4) is 0 Å². The Morgan fingerprint density at radius 1 is 0.774 bits per heavy atom. The largest absolute Gasteiger partial charge is 0.480 e. The first-order valence-electron chi connectivity index (χ1n) is 9.10. The first kappa shape index (κ1) is 33.8. The summed E-state index contributed by atoms with van der Waals surface area (Å²) in [4.78, 5) is 20.5. The van der Waals surface area contributed by atoms with Crippen LogP contribution in [0, 0.1) is 0 Å². The van der Waals surface area contributed by atoms with Crippen molar-refractivity contribution in [1.29, 1.82) is 0 Å². The van der Waals surface area contributed by atoms with Crippen LogP contribution in [0.4, 0.5) is 0 Å². The van der Waals surface area contributed by atoms with Crippen molar-refractivity contribution < 1.29 is 42.2 Å². The normalized spacial score (nSPS) is 13.7. The Morgan fingerprint density at radius 3 is 1.23 bits per heavy atom. The Bertz CT molecular complexity index is 548. The van der Waals surface area contributed by atoms with Crippen molar-refractivity contribution in [3.63, 3.8) is 0 Å². The first-order chi connectivity index (χ1) is 14.4. The minimum atomic E-state index is -2.87. The Kier molecular flexibility index (Phi) is 20.8. The molecule has 31 heavy (non-hydrogen) atoms. The maximum Gasteiger partial charge on any atom is 0.334 e. The van der Waals surface area contributed by atoms with Crippen LogP contribution in [0.3, 0.4) is 0 Å². The maximum absolute atomic E-state index is 10.3. The van der Waals surface area contributed by atoms with Gasteiger partial charge in [0.25, 0.3) is 0 Å². The van der Waals surface area contributed by atoms with Gasteiger partial charge in [0.2, 0.25) is 0 Å². The SMILES string of the molecule is CCOP(=S)(OCC)OP(=S)(OCC)OCC.NC(CSSCC(N)C(=O)O)C(=O)O. The lowest BCUT2D eigenvalue weighted by atomic mass is 10.4. The lowest BCUT2D eigenvalue weighted by Gasteiger charge is -2.27. The summed E-state index contributed by atoms with van der Waals surface area (Å²) in [7, 11) is 2.41. The van der Waals surface area contributed by atoms with E-state index in [1.165, 1.54) is 21.6 Å². The number of carbonyl (C=O) groups is 2. The molecule has 0 aromatic heterocycles. The Morgan fingerprint density at radius 2 is 1.03 bits per heavy atom. The molecule has 0 saturated carbocycles. The highest BCUT2D eigenvalue weighted by Gasteiger charge is 2.32. The van der Waals surface area contributed by atoms with Gasteiger partial charge in [0.15, 0.2) is 0 Å². The van der Waals surface area contributed by atoms with Gasteiger partial charge >= 0.3 is 25.4 Å². The molecule has 0 bridgehead atoms. The first-order valence-corrected chi connectivity index (χ1v) is 16.7. The zero-order chi connectivity index (χ0) is 24.5. The molecule has 0 fully saturated rings. The second kappa shape index (κ2) is 19.0. The highest BCUT2D eigenvalue weighted by atomic mass is 33.1. The average molecular weight is 563 g/mol. The van der Waals surface area contributed by atoms with Gasteiger partial charge in [-0.15, -0.1) is 0 Å². The molecule has 0 amide bonds. The van der Waals surface area contributed by atoms with Crippen molar-refractivity contribution in [1.82, 2.24) is 0 Å². The summed E-state index contributed by atoms with van der Waals surface area (Å²) in [5, 5.41) is 16.8. The van der Waals surface area contributed by atoms with E-state index in [0.717, 1.165) is 0 Å². The highest BCUT2D eigenvalue weighted by Crippen LogP contribution is 2.66. The van der Waals surface area contributed by atoms with E-state index in [4.69, 9.17) is 67.7 Å². The fourth-order valence-corrected chi connectivity index (χ4v) is 9.91. The second-order valence-corrected chi connectivity index (χ2v) is 13.8. The van der Waals surface area contributed by atoms with E-state index in [0.29, 0.717) is 26.4 Å². The molecule has 0 rings (SSSR count). The van der Waals surface area contributed by atoms with E-state index in [-0.39, 0.29) is 11.5 Å². The number of rotatable bonds is 17. The van der Waals surface area contributed by atoms with Crippen molar-refractivity contribution in [3.05, 3.63) is 0 Å². The van der Waals surface area contributed by atoms with Crippen LogP contribution in [0.15, 0.2) is 0 Å². The Labute approximate surface area is 201 Å². The highest BCUT2D eigenvalue weighted by molar-refractivity contribution is 8.76. The smallest absolute Gasteiger partial charge is 0.334 e. The molecule has 6 N–H and O–H groups in total. The van der Waals surface area contributed by atoms with Crippen LogP contribution in [0.5, 0.6) is 0 Å². The van der Waals surface area contributed by atoms with E-state index in [9.17, 15) is 9.59 Å². The number of carboxylic acids is 2. The van der Waals surface area contributed by atoms with E-state index in [2.05, 4.69) is 0 Å². The van der Waals surface area contributed by atoms with Gasteiger partial charge in [0.1, 0.15) is 12.1 Å². The monoisotopic (exact) mass is 562 g/mol. The zero-order valence-electron chi connectivity index (χ0n) is 17.8. The summed E-state index contributed by atoms with van der Waals surface area (Å²) in [6.07, 6.45) is 0. The molecule has 0 radical (unpaired) electrons. The molecule has 2 atom stereocenters. The van der Waals surface area contributed by atoms with Gasteiger partial charge < -0.3 is 39.8 Å². The lowest BCUT2D eigenvalue weighted by molar-refractivity contribution is -0.138. The molecule has 2 unspecified atom stereocenters. The topological polar surface area (TPSA) is 173 Å². The Balaban J connectivity index is 0. The van der Waals surface area contributed by atoms with Crippen LogP contribution in [-0.4, -0.2) is 72.2 Å². The fraction of sp³-hybridized carbons (Fsp3) is 0.857. The summed E-state index contributed by atoms with van der Waals surface area (Å²) < 4.78 is 26.9. The predicted molar refractivity (Wildman–Crippen MR) is 132 cm³/mol. The van der Waals surface area contributed by atoms with Gasteiger partial charge in [-0.3, -0.25) is 9.59 Å². The van der Waals surface area contributed by atoms with Crippen LogP contribution >= 0.6 is 35.0 Å². The lowest BCUT2D eigenvalue weighted by Crippen LogP contribution is -2.33. The number of aliphatic carboxylic acids is 2. The summed E-state index contributed by atoms with van der Waals surface area (Å²) in [6.45, 7) is 3.09. The molecule has 0 heterocycles. The average Bonchev–Trinajstić information content (AvgIpc) is 2.65. The molecular weight excluding hydrogens is 530 g/mol. The molecular formula is C14H32N2O9P2S4. The van der Waals surface area contributed by atoms with Crippen molar-refractivity contribution in [2.24, 2.45) is 11.5 Å². The van der Waals surface area contributed by atoms with Crippen molar-refractivity contribution >= 4 is 70.6 Å². The fourth-order valence-electron chi connectivity index (χ4n) is 1.31. The molecule has 0 aromatic carbocycles. The summed E-state index contributed by atoms with van der Waals surface area (Å²) in [5.41, 5.74) is 10.4. The molecule has 0 aliphatic rings. The minimum Gasteiger partial charge on any atom is -0.480 e. The van der Waals surface area contributed by atoms with E-state index >= 15 is 0 Å². The maximum atomic E-state index is 10.3. The van der Waals surface area contributed by atoms with Crippen molar-refractivity contribution in [2.45, 2.75) is 39.8 Å². The third kappa shape index (κ3) is 17.8. The third-order valence-electron chi connectivity index (χ3n) is 2.56. The summed E-state index contributed by atoms with van der Waals surface area (Å²) >= 11 is 10.4. The van der Waals surface area contributed by atoms with Gasteiger partial charge in [-0.05, 0) is 51.3 Å². The minimum absolute atomic E-state index is 0.229. The van der Waals surface area contributed by atoms with Crippen molar-refractivity contribution in [2.75, 3.05) is 37.9 Å². The van der Waals surface area contributed by atoms with E-state index in [1.807, 2.05) is 27.7 Å². The Hall–Kier alpha value is 0.660. The van der Waals surface area contributed by atoms with Crippen LogP contribution in [0.2, 0.25) is 0 Å². The number of hydrogen-bond acceptors (Lipinski definition) is 13. The third-order valence-corrected chi connectivity index (χ3v) is 11.4. The van der Waals surface area contributed by atoms with Crippen LogP contribution < -0.4 is 11.5 Å². The molecule has 17 heteroatoms. The molecule has 11 nitrogen and oxygen atoms in total. The number of carboxylic acid groups (broad SMARTS) is 2. The van der Waals surface area contributed by atoms with E-state index in [1.54, 1.807) is 0 Å². The van der Waals surface area contributed by atoms with Gasteiger partial charge in [0.05, 0.1) is 26.4 Å². The standard InChI is InChI=1S/C8H20O5P2S2.C6H12N2O4S2/c1-5-9-14(16,10-6-2)13-15(17,11-7-3)12-8-4;7-3(5(9)10)1-13-14-2-4(8)6(11)12/h5-8H2,1-4H3;3-4H,1-2,7-8H2,(H,9,10)(H,11,12). The summed E-state index contributed by atoms with van der Waals surface area (Å²) in [6, 6.07) is -1.85. The zero-order valence-corrected chi connectivity index (χ0v) is 22.9. The van der Waals surface area contributed by atoms with Crippen LogP contribution in [0.25, 0.3) is 0 Å². The number of nitrogens with two attached hydrogens (primary N) is 2. The molecule has 0 aliphatic carbocycles. The van der Waals surface area contributed by atoms with Crippen LogP contribution in [-0.2, 0) is 55.6 Å². The number of hydrogen-bond donors (Lipinski definition) is 4. The van der Waals surface area contributed by atoms with Gasteiger partial charge in [0, 0.05) is 11.5 Å². The molecule has 0 aromatic rings. The van der Waals surface area contributed by atoms with Gasteiger partial charge in [-0.1, -0.05) is 21.6 Å². The quantitative estimate of drug-likeness (QED) is 0.116. The molecule has 0 spiro atoms.